The summed E-state index contributed by atoms with van der Waals surface area (Å²) in [5.41, 5.74) is 9.78. The molecule has 1 amide bonds. The first-order valence-electron chi connectivity index (χ1n) is 12.0. The van der Waals surface area contributed by atoms with Crippen LogP contribution in [0.1, 0.15) is 21.5 Å². The van der Waals surface area contributed by atoms with Gasteiger partial charge in [0.15, 0.2) is 0 Å². The Morgan fingerprint density at radius 1 is 0.853 bits per heavy atom. The van der Waals surface area contributed by atoms with Crippen LogP contribution in [0.25, 0.3) is 0 Å². The van der Waals surface area contributed by atoms with E-state index in [2.05, 4.69) is 45.4 Å². The number of nitrogens with two attached hydrogens (primary N) is 1. The van der Waals surface area contributed by atoms with Crippen molar-refractivity contribution in [2.45, 2.75) is 25.1 Å². The van der Waals surface area contributed by atoms with E-state index in [1.54, 1.807) is 0 Å². The summed E-state index contributed by atoms with van der Waals surface area (Å²) in [7, 11) is 0. The molecule has 4 rings (SSSR count). The average Bonchev–Trinajstić information content (AvgIpc) is 2.89. The highest BCUT2D eigenvalue weighted by molar-refractivity contribution is 5.94. The number of piperazine rings is 1. The molecule has 6 nitrogen and oxygen atoms in total. The van der Waals surface area contributed by atoms with Crippen molar-refractivity contribution in [1.29, 1.82) is 0 Å². The first-order valence-corrected chi connectivity index (χ1v) is 12.0. The Morgan fingerprint density at radius 3 is 2.03 bits per heavy atom. The monoisotopic (exact) mass is 458 g/mol. The normalized spacial score (nSPS) is 16.1. The summed E-state index contributed by atoms with van der Waals surface area (Å²) in [5.74, 6) is -0.201. The predicted octanol–water partition coefficient (Wildman–Crippen LogP) is 2.67. The minimum atomic E-state index is -0.810. The maximum atomic E-state index is 12.9. The van der Waals surface area contributed by atoms with E-state index in [1.165, 1.54) is 5.56 Å². The summed E-state index contributed by atoms with van der Waals surface area (Å²) >= 11 is 0. The minimum absolute atomic E-state index is 0.0902. The molecule has 1 aliphatic heterocycles. The molecule has 4 N–H and O–H groups in total. The zero-order valence-electron chi connectivity index (χ0n) is 19.5. The Balaban J connectivity index is 1.32. The van der Waals surface area contributed by atoms with Crippen LogP contribution in [-0.4, -0.2) is 60.8 Å². The van der Waals surface area contributed by atoms with E-state index in [9.17, 15) is 9.90 Å². The first kappa shape index (κ1) is 24.0. The van der Waals surface area contributed by atoms with Crippen molar-refractivity contribution in [3.8, 4) is 0 Å². The Kier molecular flexibility index (Phi) is 8.31. The van der Waals surface area contributed by atoms with Gasteiger partial charge in [-0.2, -0.15) is 0 Å². The Bertz CT molecular complexity index is 1020. The number of aliphatic hydroxyl groups excluding tert-OH is 1. The number of hydrogen-bond donors (Lipinski definition) is 3. The van der Waals surface area contributed by atoms with Crippen molar-refractivity contribution in [1.82, 2.24) is 10.2 Å². The van der Waals surface area contributed by atoms with Crippen molar-refractivity contribution in [3.63, 3.8) is 0 Å². The van der Waals surface area contributed by atoms with Crippen LogP contribution in [0.4, 0.5) is 5.69 Å². The van der Waals surface area contributed by atoms with Gasteiger partial charge in [0.1, 0.15) is 0 Å². The fraction of sp³-hybridized carbons (Fsp3) is 0.321. The van der Waals surface area contributed by atoms with Crippen LogP contribution < -0.4 is 16.0 Å². The predicted molar refractivity (Wildman–Crippen MR) is 137 cm³/mol. The highest BCUT2D eigenvalue weighted by atomic mass is 16.3. The van der Waals surface area contributed by atoms with Gasteiger partial charge < -0.3 is 21.1 Å². The summed E-state index contributed by atoms with van der Waals surface area (Å²) < 4.78 is 0. The summed E-state index contributed by atoms with van der Waals surface area (Å²) in [6, 6.07) is 27.7. The third-order valence-electron chi connectivity index (χ3n) is 6.44. The van der Waals surface area contributed by atoms with E-state index >= 15 is 0 Å². The molecule has 0 unspecified atom stereocenters. The number of rotatable bonds is 9. The molecule has 1 saturated heterocycles. The molecule has 34 heavy (non-hydrogen) atoms. The molecule has 3 aromatic rings. The van der Waals surface area contributed by atoms with Crippen molar-refractivity contribution in [3.05, 3.63) is 102 Å². The number of nitrogens with zero attached hydrogens (tertiary/aromatic N) is 2. The second-order valence-electron chi connectivity index (χ2n) is 8.87. The van der Waals surface area contributed by atoms with Crippen molar-refractivity contribution >= 4 is 11.6 Å². The van der Waals surface area contributed by atoms with Gasteiger partial charge in [0.05, 0.1) is 12.1 Å². The third kappa shape index (κ3) is 6.44. The van der Waals surface area contributed by atoms with Crippen LogP contribution in [-0.2, 0) is 13.0 Å². The van der Waals surface area contributed by atoms with E-state index in [4.69, 9.17) is 5.73 Å². The molecule has 0 bridgehead atoms. The van der Waals surface area contributed by atoms with E-state index in [0.717, 1.165) is 44.0 Å². The summed E-state index contributed by atoms with van der Waals surface area (Å²) in [6.45, 7) is 5.00. The van der Waals surface area contributed by atoms with Gasteiger partial charge in [-0.1, -0.05) is 60.7 Å². The lowest BCUT2D eigenvalue weighted by atomic mass is 10.0. The third-order valence-corrected chi connectivity index (χ3v) is 6.44. The molecule has 0 aliphatic carbocycles. The number of benzene rings is 3. The van der Waals surface area contributed by atoms with Gasteiger partial charge in [-0.3, -0.25) is 9.69 Å². The van der Waals surface area contributed by atoms with Crippen molar-refractivity contribution < 1.29 is 9.90 Å². The van der Waals surface area contributed by atoms with Crippen molar-refractivity contribution in [2.24, 2.45) is 5.73 Å². The quantitative estimate of drug-likeness (QED) is 0.459. The van der Waals surface area contributed by atoms with Gasteiger partial charge in [-0.25, -0.2) is 0 Å². The molecule has 0 spiro atoms. The van der Waals surface area contributed by atoms with Crippen LogP contribution in [0.15, 0.2) is 84.9 Å². The number of carbonyl (C=O) groups excluding carboxylic acids is 1. The fourth-order valence-electron chi connectivity index (χ4n) is 4.40. The van der Waals surface area contributed by atoms with E-state index in [0.29, 0.717) is 12.0 Å². The molecule has 1 fully saturated rings. The molecule has 6 heteroatoms. The molecule has 1 heterocycles. The summed E-state index contributed by atoms with van der Waals surface area (Å²) in [5, 5.41) is 13.3. The lowest BCUT2D eigenvalue weighted by Crippen LogP contribution is -2.47. The highest BCUT2D eigenvalue weighted by Gasteiger charge is 2.22. The van der Waals surface area contributed by atoms with Gasteiger partial charge in [0.2, 0.25) is 0 Å². The topological polar surface area (TPSA) is 81.8 Å². The van der Waals surface area contributed by atoms with Crippen LogP contribution in [0.2, 0.25) is 0 Å². The minimum Gasteiger partial charge on any atom is -0.390 e. The molecule has 0 radical (unpaired) electrons. The molecular formula is C28H34N4O2. The molecule has 1 aliphatic rings. The van der Waals surface area contributed by atoms with E-state index in [1.807, 2.05) is 54.6 Å². The maximum Gasteiger partial charge on any atom is 0.251 e. The van der Waals surface area contributed by atoms with Gasteiger partial charge in [0.25, 0.3) is 5.91 Å². The number of nitrogens with one attached hydrogen (secondary N) is 1. The molecule has 178 valence electrons. The smallest absolute Gasteiger partial charge is 0.251 e. The van der Waals surface area contributed by atoms with Crippen LogP contribution >= 0.6 is 0 Å². The molecule has 0 saturated carbocycles. The lowest BCUT2D eigenvalue weighted by molar-refractivity contribution is 0.0845. The highest BCUT2D eigenvalue weighted by Crippen LogP contribution is 2.19. The Hall–Kier alpha value is -3.19. The Morgan fingerprint density at radius 2 is 1.44 bits per heavy atom. The molecule has 0 aromatic heterocycles. The number of anilines is 1. The molecule has 2 atom stereocenters. The standard InChI is InChI=1S/C28H34N4O2/c29-20-27(33)26(19-22-7-3-1-4-8-22)30-28(34)24-11-13-25(14-12-24)32-17-15-31(16-18-32)21-23-9-5-2-6-10-23/h1-14,26-27,33H,15-21,29H2,(H,30,34)/t26-,27+/m0/s1. The Labute approximate surface area is 202 Å². The average molecular weight is 459 g/mol. The number of amides is 1. The zero-order chi connectivity index (χ0) is 23.8. The summed E-state index contributed by atoms with van der Waals surface area (Å²) in [6.07, 6.45) is -0.286. The van der Waals surface area contributed by atoms with Crippen molar-refractivity contribution in [2.75, 3.05) is 37.6 Å². The largest absolute Gasteiger partial charge is 0.390 e. The fourth-order valence-corrected chi connectivity index (χ4v) is 4.40. The lowest BCUT2D eigenvalue weighted by Gasteiger charge is -2.36. The van der Waals surface area contributed by atoms with Gasteiger partial charge in [-0.15, -0.1) is 0 Å². The van der Waals surface area contributed by atoms with Gasteiger partial charge in [0, 0.05) is 50.5 Å². The zero-order valence-corrected chi connectivity index (χ0v) is 19.5. The first-order chi connectivity index (χ1) is 16.6. The summed E-state index contributed by atoms with van der Waals surface area (Å²) in [4.78, 5) is 17.7. The second kappa shape index (κ2) is 11.8. The van der Waals surface area contributed by atoms with Gasteiger partial charge in [-0.05, 0) is 41.8 Å². The maximum absolute atomic E-state index is 12.9. The molecule has 3 aromatic carbocycles. The van der Waals surface area contributed by atoms with Gasteiger partial charge >= 0.3 is 0 Å². The number of carbonyl (C=O) groups is 1. The van der Waals surface area contributed by atoms with Crippen LogP contribution in [0.5, 0.6) is 0 Å². The second-order valence-corrected chi connectivity index (χ2v) is 8.87. The number of aliphatic hydroxyl groups is 1. The van der Waals surface area contributed by atoms with E-state index < -0.39 is 12.1 Å². The van der Waals surface area contributed by atoms with Crippen LogP contribution in [0, 0.1) is 0 Å². The van der Waals surface area contributed by atoms with E-state index in [-0.39, 0.29) is 12.5 Å². The SMILES string of the molecule is NC[C@@H](O)[C@H](Cc1ccccc1)NC(=O)c1ccc(N2CCN(Cc3ccccc3)CC2)cc1. The molecular weight excluding hydrogens is 424 g/mol. The van der Waals surface area contributed by atoms with Crippen LogP contribution in [0.3, 0.4) is 0 Å². The number of hydrogen-bond acceptors (Lipinski definition) is 5.